The lowest BCUT2D eigenvalue weighted by molar-refractivity contribution is 0.313. The Labute approximate surface area is 91.6 Å². The molecule has 0 aliphatic heterocycles. The van der Waals surface area contributed by atoms with Gasteiger partial charge in [0, 0.05) is 6.54 Å². The minimum absolute atomic E-state index is 0.757. The second kappa shape index (κ2) is 5.17. The third kappa shape index (κ3) is 2.51. The van der Waals surface area contributed by atoms with E-state index in [-0.39, 0.29) is 0 Å². The van der Waals surface area contributed by atoms with Crippen LogP contribution in [0.15, 0.2) is 18.2 Å². The van der Waals surface area contributed by atoms with Crippen LogP contribution < -0.4 is 10.1 Å². The molecule has 0 spiro atoms. The quantitative estimate of drug-likeness (QED) is 0.761. The molecule has 1 aliphatic carbocycles. The summed E-state index contributed by atoms with van der Waals surface area (Å²) in [5.41, 5.74) is 2.93. The molecule has 0 unspecified atom stereocenters. The Kier molecular flexibility index (Phi) is 3.62. The Bertz CT molecular complexity index is 322. The predicted octanol–water partition coefficient (Wildman–Crippen LogP) is 2.16. The Morgan fingerprint density at radius 3 is 3.00 bits per heavy atom. The molecular formula is C13H19NO. The number of nitrogens with one attached hydrogen (secondary N) is 1. The van der Waals surface area contributed by atoms with E-state index in [9.17, 15) is 0 Å². The predicted molar refractivity (Wildman–Crippen MR) is 62.5 cm³/mol. The first-order valence-electron chi connectivity index (χ1n) is 5.80. The summed E-state index contributed by atoms with van der Waals surface area (Å²) in [5, 5.41) is 3.09. The number of rotatable bonds is 4. The van der Waals surface area contributed by atoms with Gasteiger partial charge in [0.05, 0.1) is 0 Å². The van der Waals surface area contributed by atoms with E-state index in [0.29, 0.717) is 0 Å². The first-order chi connectivity index (χ1) is 7.42. The summed E-state index contributed by atoms with van der Waals surface area (Å²) in [6.07, 6.45) is 5.04. The number of hydrogen-bond acceptors (Lipinski definition) is 2. The van der Waals surface area contributed by atoms with Crippen LogP contribution in [-0.4, -0.2) is 20.2 Å². The highest BCUT2D eigenvalue weighted by atomic mass is 16.5. The fourth-order valence-electron chi connectivity index (χ4n) is 2.14. The molecular weight excluding hydrogens is 186 g/mol. The van der Waals surface area contributed by atoms with E-state index in [1.807, 2.05) is 7.05 Å². The molecule has 2 nitrogen and oxygen atoms in total. The molecule has 15 heavy (non-hydrogen) atoms. The van der Waals surface area contributed by atoms with Crippen LogP contribution in [0.2, 0.25) is 0 Å². The van der Waals surface area contributed by atoms with Crippen molar-refractivity contribution in [1.82, 2.24) is 5.32 Å². The van der Waals surface area contributed by atoms with E-state index in [4.69, 9.17) is 4.74 Å². The maximum absolute atomic E-state index is 5.78. The Balaban J connectivity index is 2.09. The van der Waals surface area contributed by atoms with Crippen LogP contribution in [-0.2, 0) is 12.8 Å². The smallest absolute Gasteiger partial charge is 0.122 e. The number of fused-ring (bicyclic) bond motifs is 1. The monoisotopic (exact) mass is 205 g/mol. The van der Waals surface area contributed by atoms with Crippen LogP contribution in [0.25, 0.3) is 0 Å². The lowest BCUT2D eigenvalue weighted by Crippen LogP contribution is -2.17. The van der Waals surface area contributed by atoms with Gasteiger partial charge >= 0.3 is 0 Å². The molecule has 0 radical (unpaired) electrons. The first kappa shape index (κ1) is 10.5. The summed E-state index contributed by atoms with van der Waals surface area (Å²) in [7, 11) is 1.95. The fourth-order valence-corrected chi connectivity index (χ4v) is 2.14. The number of hydrogen-bond donors (Lipinski definition) is 1. The zero-order valence-electron chi connectivity index (χ0n) is 9.38. The van der Waals surface area contributed by atoms with Crippen molar-refractivity contribution in [3.05, 3.63) is 29.3 Å². The highest BCUT2D eigenvalue weighted by Gasteiger charge is 2.13. The van der Waals surface area contributed by atoms with Crippen LogP contribution in [0.5, 0.6) is 5.75 Å². The zero-order chi connectivity index (χ0) is 10.5. The van der Waals surface area contributed by atoms with E-state index in [1.54, 1.807) is 0 Å². The van der Waals surface area contributed by atoms with Gasteiger partial charge in [0.25, 0.3) is 0 Å². The molecule has 2 rings (SSSR count). The molecule has 0 saturated heterocycles. The Morgan fingerprint density at radius 2 is 2.13 bits per heavy atom. The summed E-state index contributed by atoms with van der Waals surface area (Å²) in [4.78, 5) is 0. The van der Waals surface area contributed by atoms with Crippen LogP contribution in [0.4, 0.5) is 0 Å². The van der Waals surface area contributed by atoms with Crippen LogP contribution >= 0.6 is 0 Å². The topological polar surface area (TPSA) is 21.3 Å². The average Bonchev–Trinajstić information content (AvgIpc) is 2.30. The number of benzene rings is 1. The molecule has 1 N–H and O–H groups in total. The molecule has 0 saturated carbocycles. The van der Waals surface area contributed by atoms with Crippen LogP contribution in [0.1, 0.15) is 24.0 Å². The van der Waals surface area contributed by atoms with Gasteiger partial charge in [0.15, 0.2) is 0 Å². The molecule has 1 aromatic rings. The number of likely N-dealkylation sites (N-methyl/N-ethyl adjacent to an activating group) is 1. The molecule has 1 aliphatic rings. The Hall–Kier alpha value is -1.02. The van der Waals surface area contributed by atoms with Crippen molar-refractivity contribution in [2.45, 2.75) is 25.7 Å². The fraction of sp³-hybridized carbons (Fsp3) is 0.538. The van der Waals surface area contributed by atoms with Crippen molar-refractivity contribution < 1.29 is 4.74 Å². The summed E-state index contributed by atoms with van der Waals surface area (Å²) in [5.74, 6) is 1.10. The van der Waals surface area contributed by atoms with Gasteiger partial charge in [-0.05, 0) is 49.9 Å². The average molecular weight is 205 g/mol. The SMILES string of the molecule is CNCCOc1cccc2c1CCCC2. The highest BCUT2D eigenvalue weighted by Crippen LogP contribution is 2.29. The minimum atomic E-state index is 0.757. The molecule has 0 bridgehead atoms. The Morgan fingerprint density at radius 1 is 1.27 bits per heavy atom. The van der Waals surface area contributed by atoms with Crippen molar-refractivity contribution in [2.24, 2.45) is 0 Å². The number of aryl methyl sites for hydroxylation is 1. The second-order valence-corrected chi connectivity index (χ2v) is 4.05. The summed E-state index contributed by atoms with van der Waals surface area (Å²) >= 11 is 0. The second-order valence-electron chi connectivity index (χ2n) is 4.05. The first-order valence-corrected chi connectivity index (χ1v) is 5.80. The molecule has 0 atom stereocenters. The summed E-state index contributed by atoms with van der Waals surface area (Å²) in [6, 6.07) is 6.44. The van der Waals surface area contributed by atoms with Gasteiger partial charge in [-0.2, -0.15) is 0 Å². The molecule has 1 aromatic carbocycles. The van der Waals surface area contributed by atoms with Crippen LogP contribution in [0.3, 0.4) is 0 Å². The van der Waals surface area contributed by atoms with Crippen molar-refractivity contribution in [2.75, 3.05) is 20.2 Å². The van der Waals surface area contributed by atoms with E-state index >= 15 is 0 Å². The maximum Gasteiger partial charge on any atom is 0.122 e. The van der Waals surface area contributed by atoms with Crippen LogP contribution in [0, 0.1) is 0 Å². The highest BCUT2D eigenvalue weighted by molar-refractivity contribution is 5.41. The van der Waals surface area contributed by atoms with E-state index in [1.165, 1.54) is 36.8 Å². The van der Waals surface area contributed by atoms with Gasteiger partial charge in [-0.25, -0.2) is 0 Å². The van der Waals surface area contributed by atoms with Crippen molar-refractivity contribution in [1.29, 1.82) is 0 Å². The number of ether oxygens (including phenoxy) is 1. The van der Waals surface area contributed by atoms with Gasteiger partial charge in [0.1, 0.15) is 12.4 Å². The lowest BCUT2D eigenvalue weighted by atomic mass is 9.91. The van der Waals surface area contributed by atoms with Gasteiger partial charge < -0.3 is 10.1 Å². The van der Waals surface area contributed by atoms with E-state index < -0.39 is 0 Å². The normalized spacial score (nSPS) is 14.7. The van der Waals surface area contributed by atoms with Gasteiger partial charge in [0.2, 0.25) is 0 Å². The van der Waals surface area contributed by atoms with Gasteiger partial charge in [-0.3, -0.25) is 0 Å². The molecule has 0 heterocycles. The van der Waals surface area contributed by atoms with E-state index in [0.717, 1.165) is 18.9 Å². The zero-order valence-corrected chi connectivity index (χ0v) is 9.38. The van der Waals surface area contributed by atoms with E-state index in [2.05, 4.69) is 23.5 Å². The van der Waals surface area contributed by atoms with Crippen molar-refractivity contribution in [3.8, 4) is 5.75 Å². The molecule has 0 fully saturated rings. The third-order valence-corrected chi connectivity index (χ3v) is 2.96. The molecule has 2 heteroatoms. The van der Waals surface area contributed by atoms with Gasteiger partial charge in [-0.1, -0.05) is 12.1 Å². The standard InChI is InChI=1S/C13H19NO/c1-14-9-10-15-13-8-4-6-11-5-2-3-7-12(11)13/h4,6,8,14H,2-3,5,7,9-10H2,1H3. The molecule has 0 amide bonds. The lowest BCUT2D eigenvalue weighted by Gasteiger charge is -2.19. The third-order valence-electron chi connectivity index (χ3n) is 2.96. The summed E-state index contributed by atoms with van der Waals surface area (Å²) in [6.45, 7) is 1.66. The maximum atomic E-state index is 5.78. The van der Waals surface area contributed by atoms with Crippen molar-refractivity contribution >= 4 is 0 Å². The molecule has 0 aromatic heterocycles. The largest absolute Gasteiger partial charge is 0.492 e. The van der Waals surface area contributed by atoms with Gasteiger partial charge in [-0.15, -0.1) is 0 Å². The van der Waals surface area contributed by atoms with Crippen molar-refractivity contribution in [3.63, 3.8) is 0 Å². The summed E-state index contributed by atoms with van der Waals surface area (Å²) < 4.78 is 5.78. The molecule has 82 valence electrons. The minimum Gasteiger partial charge on any atom is -0.492 e.